The number of fused-ring (bicyclic) bond motifs is 1. The Bertz CT molecular complexity index is 1350. The number of aromatic nitrogens is 3. The number of anilines is 2. The molecule has 4 heterocycles. The van der Waals surface area contributed by atoms with Crippen LogP contribution in [0.4, 0.5) is 10.8 Å². The Hall–Kier alpha value is -3.29. The molecule has 9 nitrogen and oxygen atoms in total. The molecule has 3 unspecified atom stereocenters. The average Bonchev–Trinajstić information content (AvgIpc) is 3.44. The van der Waals surface area contributed by atoms with Gasteiger partial charge in [-0.25, -0.2) is 9.56 Å². The van der Waals surface area contributed by atoms with E-state index in [1.54, 1.807) is 0 Å². The van der Waals surface area contributed by atoms with E-state index in [1.807, 2.05) is 19.1 Å². The summed E-state index contributed by atoms with van der Waals surface area (Å²) in [6, 6.07) is 6.31. The molecule has 1 aliphatic carbocycles. The summed E-state index contributed by atoms with van der Waals surface area (Å²) in [5, 5.41) is 14.7. The second-order valence-electron chi connectivity index (χ2n) is 9.86. The minimum atomic E-state index is -0.569. The summed E-state index contributed by atoms with van der Waals surface area (Å²) < 4.78 is 8.05. The SMILES string of the molecule is CC(N)c1cc(-c2noc(C3(C)CCCc4sc(N)c(C#N)c43)n2)nc(N2CC[N+](C)=CC2C)c1. The van der Waals surface area contributed by atoms with Gasteiger partial charge in [0.05, 0.1) is 17.5 Å². The van der Waals surface area contributed by atoms with Gasteiger partial charge >= 0.3 is 0 Å². The zero-order valence-electron chi connectivity index (χ0n) is 20.6. The highest BCUT2D eigenvalue weighted by Gasteiger charge is 2.43. The Morgan fingerprint density at radius 3 is 2.89 bits per heavy atom. The maximum absolute atomic E-state index is 9.78. The lowest BCUT2D eigenvalue weighted by Crippen LogP contribution is -2.45. The zero-order chi connectivity index (χ0) is 24.9. The van der Waals surface area contributed by atoms with E-state index in [4.69, 9.17) is 26.0 Å². The molecule has 3 atom stereocenters. The van der Waals surface area contributed by atoms with E-state index in [1.165, 1.54) is 11.3 Å². The van der Waals surface area contributed by atoms with Crippen LogP contribution < -0.4 is 16.4 Å². The van der Waals surface area contributed by atoms with E-state index < -0.39 is 5.41 Å². The molecular formula is C25H31N8OS+. The summed E-state index contributed by atoms with van der Waals surface area (Å²) in [7, 11) is 2.09. The van der Waals surface area contributed by atoms with Crippen molar-refractivity contribution >= 4 is 28.4 Å². The number of hydrogen-bond donors (Lipinski definition) is 2. The number of pyridine rings is 1. The van der Waals surface area contributed by atoms with E-state index in [0.29, 0.717) is 28.0 Å². The number of rotatable bonds is 4. The molecule has 182 valence electrons. The predicted molar refractivity (Wildman–Crippen MR) is 137 cm³/mol. The molecule has 2 aliphatic rings. The molecule has 0 spiro atoms. The lowest BCUT2D eigenvalue weighted by atomic mass is 9.72. The van der Waals surface area contributed by atoms with E-state index in [9.17, 15) is 5.26 Å². The minimum absolute atomic E-state index is 0.168. The van der Waals surface area contributed by atoms with Gasteiger partial charge in [-0.2, -0.15) is 10.2 Å². The quantitative estimate of drug-likeness (QED) is 0.531. The van der Waals surface area contributed by atoms with Crippen LogP contribution in [-0.4, -0.2) is 52.1 Å². The first kappa shape index (κ1) is 23.5. The average molecular weight is 492 g/mol. The van der Waals surface area contributed by atoms with Gasteiger partial charge in [-0.1, -0.05) is 5.16 Å². The molecule has 0 saturated heterocycles. The molecule has 10 heteroatoms. The van der Waals surface area contributed by atoms with Crippen LogP contribution in [0.5, 0.6) is 0 Å². The normalized spacial score (nSPS) is 22.9. The van der Waals surface area contributed by atoms with Gasteiger partial charge in [0.1, 0.15) is 35.7 Å². The lowest BCUT2D eigenvalue weighted by molar-refractivity contribution is -0.494. The van der Waals surface area contributed by atoms with E-state index in [2.05, 4.69) is 47.8 Å². The molecule has 0 saturated carbocycles. The number of thiophene rings is 1. The van der Waals surface area contributed by atoms with Crippen molar-refractivity contribution in [2.24, 2.45) is 5.73 Å². The number of nitriles is 1. The van der Waals surface area contributed by atoms with Gasteiger partial charge in [-0.05, 0) is 57.7 Å². The van der Waals surface area contributed by atoms with Crippen molar-refractivity contribution in [3.8, 4) is 17.6 Å². The van der Waals surface area contributed by atoms with Crippen LogP contribution in [0.25, 0.3) is 11.5 Å². The summed E-state index contributed by atoms with van der Waals surface area (Å²) in [6.07, 6.45) is 4.87. The van der Waals surface area contributed by atoms with Crippen LogP contribution in [0.2, 0.25) is 0 Å². The van der Waals surface area contributed by atoms with Crippen LogP contribution >= 0.6 is 11.3 Å². The van der Waals surface area contributed by atoms with Gasteiger partial charge in [-0.15, -0.1) is 11.3 Å². The third-order valence-electron chi connectivity index (χ3n) is 7.19. The molecular weight excluding hydrogens is 460 g/mol. The van der Waals surface area contributed by atoms with E-state index in [0.717, 1.165) is 54.2 Å². The fraction of sp³-hybridized carbons (Fsp3) is 0.480. The summed E-state index contributed by atoms with van der Waals surface area (Å²) in [6.45, 7) is 7.95. The Morgan fingerprint density at radius 2 is 2.17 bits per heavy atom. The van der Waals surface area contributed by atoms with Crippen LogP contribution in [0, 0.1) is 11.3 Å². The third-order valence-corrected chi connectivity index (χ3v) is 8.27. The molecule has 0 bridgehead atoms. The van der Waals surface area contributed by atoms with Gasteiger partial charge in [-0.3, -0.25) is 0 Å². The number of nitrogens with two attached hydrogens (primary N) is 2. The maximum Gasteiger partial charge on any atom is 0.237 e. The molecule has 3 aromatic rings. The summed E-state index contributed by atoms with van der Waals surface area (Å²) in [5.74, 6) is 1.75. The van der Waals surface area contributed by atoms with E-state index >= 15 is 0 Å². The molecule has 0 fully saturated rings. The van der Waals surface area contributed by atoms with Crippen molar-refractivity contribution < 1.29 is 9.10 Å². The van der Waals surface area contributed by atoms with Crippen molar-refractivity contribution in [3.63, 3.8) is 0 Å². The fourth-order valence-electron chi connectivity index (χ4n) is 5.24. The van der Waals surface area contributed by atoms with Crippen LogP contribution in [-0.2, 0) is 11.8 Å². The predicted octanol–water partition coefficient (Wildman–Crippen LogP) is 3.23. The Kier molecular flexibility index (Phi) is 5.85. The Balaban J connectivity index is 1.57. The van der Waals surface area contributed by atoms with Gasteiger partial charge in [0, 0.05) is 16.5 Å². The Morgan fingerprint density at radius 1 is 1.37 bits per heavy atom. The molecule has 35 heavy (non-hydrogen) atoms. The smallest absolute Gasteiger partial charge is 0.237 e. The van der Waals surface area contributed by atoms with Crippen molar-refractivity contribution in [2.45, 2.75) is 57.5 Å². The molecule has 0 aromatic carbocycles. The van der Waals surface area contributed by atoms with Crippen LogP contribution in [0.15, 0.2) is 16.7 Å². The van der Waals surface area contributed by atoms with Gasteiger partial charge < -0.3 is 20.9 Å². The highest BCUT2D eigenvalue weighted by Crippen LogP contribution is 2.48. The number of aryl methyl sites for hydroxylation is 1. The third kappa shape index (κ3) is 3.98. The van der Waals surface area contributed by atoms with Crippen molar-refractivity contribution in [3.05, 3.63) is 39.6 Å². The van der Waals surface area contributed by atoms with Crippen LogP contribution in [0.1, 0.15) is 67.1 Å². The minimum Gasteiger partial charge on any atom is -0.389 e. The molecule has 0 radical (unpaired) electrons. The van der Waals surface area contributed by atoms with Crippen LogP contribution in [0.3, 0.4) is 0 Å². The summed E-state index contributed by atoms with van der Waals surface area (Å²) in [5.41, 5.74) is 14.9. The molecule has 0 amide bonds. The van der Waals surface area contributed by atoms with Crippen molar-refractivity contribution in [2.75, 3.05) is 30.8 Å². The highest BCUT2D eigenvalue weighted by atomic mass is 32.1. The second-order valence-corrected chi connectivity index (χ2v) is 11.0. The largest absolute Gasteiger partial charge is 0.389 e. The first-order chi connectivity index (χ1) is 16.7. The zero-order valence-corrected chi connectivity index (χ0v) is 21.4. The molecule has 5 rings (SSSR count). The van der Waals surface area contributed by atoms with E-state index in [-0.39, 0.29) is 12.1 Å². The van der Waals surface area contributed by atoms with Gasteiger partial charge in [0.15, 0.2) is 12.8 Å². The topological polar surface area (TPSA) is 134 Å². The highest BCUT2D eigenvalue weighted by molar-refractivity contribution is 7.16. The lowest BCUT2D eigenvalue weighted by Gasteiger charge is -2.30. The first-order valence-electron chi connectivity index (χ1n) is 12.0. The monoisotopic (exact) mass is 491 g/mol. The second kappa shape index (κ2) is 8.73. The number of hydrogen-bond acceptors (Lipinski definition) is 9. The van der Waals surface area contributed by atoms with Gasteiger partial charge in [0.2, 0.25) is 11.7 Å². The fourth-order valence-corrected chi connectivity index (χ4v) is 6.43. The number of likely N-dealkylation sites (N-methyl/N-ethyl adjacent to an activating group) is 1. The van der Waals surface area contributed by atoms with Gasteiger partial charge in [0.25, 0.3) is 0 Å². The molecule has 4 N–H and O–H groups in total. The number of nitrogen functional groups attached to an aromatic ring is 1. The standard InChI is InChI=1S/C25H31N8OS/c1-14-13-32(4)8-9-33(14)20-11-16(15(2)27)10-18(29-20)23-30-24(34-31-23)25(3)7-5-6-19-21(25)17(12-26)22(28)35-19/h10-11,13-15H,5-9,27-28H2,1-4H3/q+1. The van der Waals surface area contributed by atoms with Crippen molar-refractivity contribution in [1.82, 2.24) is 15.1 Å². The summed E-state index contributed by atoms with van der Waals surface area (Å²) >= 11 is 1.49. The molecule has 1 aliphatic heterocycles. The molecule has 3 aromatic heterocycles. The first-order valence-corrected chi connectivity index (χ1v) is 12.8. The maximum atomic E-state index is 9.78. The number of nitrogens with zero attached hydrogens (tertiary/aromatic N) is 6. The Labute approximate surface area is 209 Å². The van der Waals surface area contributed by atoms with Crippen molar-refractivity contribution in [1.29, 1.82) is 5.26 Å². The summed E-state index contributed by atoms with van der Waals surface area (Å²) in [4.78, 5) is 13.1.